The van der Waals surface area contributed by atoms with Gasteiger partial charge in [-0.1, -0.05) is 21.6 Å². The molecule has 0 spiro atoms. The van der Waals surface area contributed by atoms with Crippen LogP contribution in [0, 0.1) is 0 Å². The second-order valence-electron chi connectivity index (χ2n) is 6.46. The van der Waals surface area contributed by atoms with Crippen LogP contribution in [0.1, 0.15) is 6.23 Å². The number of methoxy groups -OCH3 is 1. The molecule has 31 heavy (non-hydrogen) atoms. The summed E-state index contributed by atoms with van der Waals surface area (Å²) in [5, 5.41) is 0. The van der Waals surface area contributed by atoms with Crippen LogP contribution in [0.5, 0.6) is 0 Å². The first-order valence-corrected chi connectivity index (χ1v) is 14.9. The van der Waals surface area contributed by atoms with Gasteiger partial charge in [-0.05, 0) is 11.8 Å². The zero-order chi connectivity index (χ0) is 21.8. The van der Waals surface area contributed by atoms with Gasteiger partial charge in [0.15, 0.2) is 17.7 Å². The molecule has 2 unspecified atom stereocenters. The van der Waals surface area contributed by atoms with Gasteiger partial charge in [0, 0.05) is 18.6 Å². The Kier molecular flexibility index (Phi) is 8.47. The van der Waals surface area contributed by atoms with Crippen LogP contribution in [0.4, 0.5) is 5.82 Å². The monoisotopic (exact) mass is 573 g/mol. The third-order valence-electron chi connectivity index (χ3n) is 4.63. The second-order valence-corrected chi connectivity index (χ2v) is 12.5. The normalized spacial score (nSPS) is 29.5. The molecular weight excluding hydrogens is 553 g/mol. The second kappa shape index (κ2) is 10.9. The van der Waals surface area contributed by atoms with Gasteiger partial charge in [-0.25, -0.2) is 15.0 Å². The Morgan fingerprint density at radius 3 is 2.68 bits per heavy atom. The Balaban J connectivity index is 1.52. The number of fused-ring (bicyclic) bond motifs is 1. The van der Waals surface area contributed by atoms with Gasteiger partial charge in [0.25, 0.3) is 0 Å². The van der Waals surface area contributed by atoms with E-state index < -0.39 is 31.3 Å². The minimum atomic E-state index is -2.89. The molecule has 2 aliphatic heterocycles. The van der Waals surface area contributed by atoms with E-state index in [0.29, 0.717) is 24.4 Å². The number of nitrogens with zero attached hydrogens (tertiary/aromatic N) is 4. The first-order valence-electron chi connectivity index (χ1n) is 9.23. The highest BCUT2D eigenvalue weighted by molar-refractivity contribution is 9.06. The summed E-state index contributed by atoms with van der Waals surface area (Å²) in [6, 6.07) is 0. The largest absolute Gasteiger partial charge is 0.382 e. The Morgan fingerprint density at radius 2 is 2.00 bits per heavy atom. The summed E-state index contributed by atoms with van der Waals surface area (Å²) in [4.78, 5) is 12.6. The summed E-state index contributed by atoms with van der Waals surface area (Å²) in [7, 11) is 5.03. The number of imidazole rings is 1. The van der Waals surface area contributed by atoms with E-state index >= 15 is 0 Å². The van der Waals surface area contributed by atoms with Crippen molar-refractivity contribution in [3.8, 4) is 0 Å². The van der Waals surface area contributed by atoms with Gasteiger partial charge >= 0.3 is 6.72 Å². The maximum Gasteiger partial charge on any atom is 0.327 e. The predicted molar refractivity (Wildman–Crippen MR) is 125 cm³/mol. The molecule has 2 aromatic rings. The van der Waals surface area contributed by atoms with Crippen molar-refractivity contribution in [1.29, 1.82) is 0 Å². The fraction of sp³-hybridized carbons (Fsp3) is 0.667. The van der Waals surface area contributed by atoms with Crippen molar-refractivity contribution in [2.45, 2.75) is 24.5 Å². The molecule has 16 heteroatoms. The zero-order valence-corrected chi connectivity index (χ0v) is 21.3. The molecule has 2 N–H and O–H groups in total. The van der Waals surface area contributed by atoms with Crippen LogP contribution in [0.15, 0.2) is 12.7 Å². The van der Waals surface area contributed by atoms with Crippen LogP contribution in [0.25, 0.3) is 11.2 Å². The quantitative estimate of drug-likeness (QED) is 0.402. The number of hydrogen-bond acceptors (Lipinski definition) is 13. The van der Waals surface area contributed by atoms with Crippen molar-refractivity contribution in [2.75, 3.05) is 44.2 Å². The third kappa shape index (κ3) is 5.38. The van der Waals surface area contributed by atoms with Crippen molar-refractivity contribution in [3.63, 3.8) is 0 Å². The van der Waals surface area contributed by atoms with E-state index in [9.17, 15) is 0 Å². The van der Waals surface area contributed by atoms with E-state index in [1.165, 1.54) is 6.33 Å². The van der Waals surface area contributed by atoms with E-state index in [1.807, 2.05) is 0 Å². The smallest absolute Gasteiger partial charge is 0.327 e. The van der Waals surface area contributed by atoms with Gasteiger partial charge in [0.1, 0.15) is 30.2 Å². The highest BCUT2D eigenvalue weighted by Crippen LogP contribution is 2.51. The minimum absolute atomic E-state index is 0.114. The third-order valence-corrected chi connectivity index (χ3v) is 9.81. The molecular formula is C15H21BrN5O6PS3. The first kappa shape index (κ1) is 24.1. The highest BCUT2D eigenvalue weighted by atomic mass is 79.9. The van der Waals surface area contributed by atoms with Gasteiger partial charge in [-0.15, -0.1) is 0 Å². The average molecular weight is 574 g/mol. The van der Waals surface area contributed by atoms with Crippen molar-refractivity contribution in [1.82, 2.24) is 19.5 Å². The molecule has 0 bridgehead atoms. The molecule has 0 aromatic carbocycles. The molecule has 0 radical (unpaired) electrons. The zero-order valence-electron chi connectivity index (χ0n) is 16.4. The van der Waals surface area contributed by atoms with Crippen LogP contribution < -0.4 is 5.73 Å². The van der Waals surface area contributed by atoms with Crippen molar-refractivity contribution in [2.24, 2.45) is 0 Å². The van der Waals surface area contributed by atoms with Crippen LogP contribution in [-0.4, -0.2) is 76.3 Å². The average Bonchev–Trinajstić information content (AvgIpc) is 3.37. The van der Waals surface area contributed by atoms with Gasteiger partial charge < -0.3 is 28.8 Å². The van der Waals surface area contributed by atoms with Gasteiger partial charge in [0.2, 0.25) is 0 Å². The summed E-state index contributed by atoms with van der Waals surface area (Å²) in [5.41, 5.74) is 6.90. The topological polar surface area (TPSA) is 125 Å². The Labute approximate surface area is 200 Å². The number of anilines is 1. The standard InChI is InChI=1S/C15H21BrN5O6PS3/c1-22-11-9(6-25-28(29)23-2-4-30-31-5-3-24-28)26-15(12(11)27-16)21-8-20-10-13(17)18-7-19-14(10)21/h7-9,11-12,15H,2-6H2,1H3,(H2,17,18,19)/t9-,11?,12?,15-/m1/s1. The summed E-state index contributed by atoms with van der Waals surface area (Å²) in [6.07, 6.45) is 0.853. The maximum atomic E-state index is 6.25. The van der Waals surface area contributed by atoms with Crippen LogP contribution >= 0.6 is 44.6 Å². The maximum absolute atomic E-state index is 6.25. The minimum Gasteiger partial charge on any atom is -0.382 e. The lowest BCUT2D eigenvalue weighted by molar-refractivity contribution is -0.0508. The Morgan fingerprint density at radius 1 is 1.26 bits per heavy atom. The molecule has 0 saturated carbocycles. The van der Waals surface area contributed by atoms with Crippen LogP contribution in [0.2, 0.25) is 0 Å². The van der Waals surface area contributed by atoms with Crippen molar-refractivity contribution < 1.29 is 26.9 Å². The molecule has 4 atom stereocenters. The van der Waals surface area contributed by atoms with Crippen molar-refractivity contribution >= 4 is 73.4 Å². The van der Waals surface area contributed by atoms with Crippen LogP contribution in [-0.2, 0) is 38.7 Å². The molecule has 11 nitrogen and oxygen atoms in total. The number of nitrogen functional groups attached to an aromatic ring is 1. The Bertz CT molecular complexity index is 930. The lowest BCUT2D eigenvalue weighted by Gasteiger charge is -2.24. The van der Waals surface area contributed by atoms with E-state index in [2.05, 4.69) is 31.2 Å². The number of ether oxygens (including phenoxy) is 2. The van der Waals surface area contributed by atoms with E-state index in [4.69, 9.17) is 44.4 Å². The van der Waals surface area contributed by atoms with E-state index in [1.54, 1.807) is 39.6 Å². The number of hydrogen-bond donors (Lipinski definition) is 1. The number of halogens is 1. The molecule has 0 amide bonds. The van der Waals surface area contributed by atoms with Crippen LogP contribution in [0.3, 0.4) is 0 Å². The fourth-order valence-electron chi connectivity index (χ4n) is 3.26. The van der Waals surface area contributed by atoms with Crippen molar-refractivity contribution in [3.05, 3.63) is 12.7 Å². The molecule has 2 fully saturated rings. The summed E-state index contributed by atoms with van der Waals surface area (Å²) < 4.78 is 36.7. The number of aromatic nitrogens is 4. The molecule has 4 rings (SSSR count). The summed E-state index contributed by atoms with van der Waals surface area (Å²) in [5.74, 6) is 1.91. The summed E-state index contributed by atoms with van der Waals surface area (Å²) in [6.45, 7) is -1.85. The molecule has 172 valence electrons. The fourth-order valence-corrected chi connectivity index (χ4v) is 7.37. The van der Waals surface area contributed by atoms with E-state index in [0.717, 1.165) is 11.5 Å². The number of rotatable bonds is 6. The predicted octanol–water partition coefficient (Wildman–Crippen LogP) is 2.69. The van der Waals surface area contributed by atoms with Gasteiger partial charge in [0.05, 0.1) is 42.4 Å². The van der Waals surface area contributed by atoms with Gasteiger partial charge in [-0.3, -0.25) is 8.40 Å². The highest BCUT2D eigenvalue weighted by Gasteiger charge is 2.48. The molecule has 0 aliphatic carbocycles. The number of nitrogens with two attached hydrogens (primary N) is 1. The lowest BCUT2D eigenvalue weighted by atomic mass is 10.1. The van der Waals surface area contributed by atoms with Gasteiger partial charge in [-0.2, -0.15) is 0 Å². The molecule has 2 aliphatic rings. The SMILES string of the molecule is COC1C(OBr)[C@H](n2cnc3c(N)ncnc32)O[C@@H]1COP1(=S)OCCSSCCO1. The molecule has 2 saturated heterocycles. The summed E-state index contributed by atoms with van der Waals surface area (Å²) >= 11 is 8.65. The molecule has 2 aromatic heterocycles. The Hall–Kier alpha value is -0.0600. The molecule has 4 heterocycles. The lowest BCUT2D eigenvalue weighted by Crippen LogP contribution is -2.36. The van der Waals surface area contributed by atoms with E-state index in [-0.39, 0.29) is 12.4 Å². The first-order chi connectivity index (χ1) is 15.1.